The summed E-state index contributed by atoms with van der Waals surface area (Å²) in [4.78, 5) is 0. The lowest BCUT2D eigenvalue weighted by Crippen LogP contribution is -2.11. The molecule has 0 aliphatic heterocycles. The molecule has 2 aromatic rings. The molecule has 2 nitrogen and oxygen atoms in total. The van der Waals surface area contributed by atoms with Gasteiger partial charge >= 0.3 is 0 Å². The molecule has 0 saturated heterocycles. The summed E-state index contributed by atoms with van der Waals surface area (Å²) in [6, 6.07) is 11.7. The van der Waals surface area contributed by atoms with Crippen molar-refractivity contribution in [3.05, 3.63) is 57.0 Å². The molecule has 0 radical (unpaired) electrons. The minimum absolute atomic E-state index is 0.626. The smallest absolute Gasteiger partial charge is 0.146 e. The van der Waals surface area contributed by atoms with Crippen LogP contribution in [0.1, 0.15) is 18.1 Å². The van der Waals surface area contributed by atoms with Crippen molar-refractivity contribution in [3.63, 3.8) is 0 Å². The monoisotopic (exact) mass is 353 g/mol. The number of ether oxygens (including phenoxy) is 1. The van der Waals surface area contributed by atoms with Crippen LogP contribution < -0.4 is 10.1 Å². The van der Waals surface area contributed by atoms with Crippen LogP contribution in [-0.2, 0) is 6.54 Å². The first-order valence-electron chi connectivity index (χ1n) is 6.53. The van der Waals surface area contributed by atoms with Crippen LogP contribution in [0.2, 0.25) is 5.02 Å². The third-order valence-corrected chi connectivity index (χ3v) is 4.12. The van der Waals surface area contributed by atoms with Crippen molar-refractivity contribution in [2.45, 2.75) is 20.4 Å². The average Bonchev–Trinajstić information content (AvgIpc) is 2.43. The molecule has 0 aliphatic carbocycles. The SMILES string of the molecule is CCNCc1ccc(Oc2ccc(Br)c(C)c2)c(Cl)c1. The Morgan fingerprint density at radius 2 is 2.00 bits per heavy atom. The predicted molar refractivity (Wildman–Crippen MR) is 87.8 cm³/mol. The first kappa shape index (κ1) is 15.4. The van der Waals surface area contributed by atoms with Gasteiger partial charge in [0.15, 0.2) is 0 Å². The number of hydrogen-bond acceptors (Lipinski definition) is 2. The third kappa shape index (κ3) is 3.98. The van der Waals surface area contributed by atoms with E-state index in [2.05, 4.69) is 28.2 Å². The highest BCUT2D eigenvalue weighted by molar-refractivity contribution is 9.10. The summed E-state index contributed by atoms with van der Waals surface area (Å²) in [5, 5.41) is 3.90. The fourth-order valence-electron chi connectivity index (χ4n) is 1.81. The molecule has 0 spiro atoms. The van der Waals surface area contributed by atoms with Crippen molar-refractivity contribution in [1.29, 1.82) is 0 Å². The zero-order valence-corrected chi connectivity index (χ0v) is 13.9. The second-order valence-electron chi connectivity index (χ2n) is 4.56. The van der Waals surface area contributed by atoms with Crippen molar-refractivity contribution in [2.75, 3.05) is 6.54 Å². The fourth-order valence-corrected chi connectivity index (χ4v) is 2.30. The van der Waals surface area contributed by atoms with Crippen LogP contribution in [0.5, 0.6) is 11.5 Å². The van der Waals surface area contributed by atoms with Gasteiger partial charge < -0.3 is 10.1 Å². The van der Waals surface area contributed by atoms with E-state index < -0.39 is 0 Å². The van der Waals surface area contributed by atoms with Crippen molar-refractivity contribution in [2.24, 2.45) is 0 Å². The molecular formula is C16H17BrClNO. The summed E-state index contributed by atoms with van der Waals surface area (Å²) in [7, 11) is 0. The normalized spacial score (nSPS) is 10.6. The highest BCUT2D eigenvalue weighted by Gasteiger charge is 2.05. The minimum Gasteiger partial charge on any atom is -0.456 e. The molecule has 2 rings (SSSR count). The number of nitrogens with one attached hydrogen (secondary N) is 1. The number of aryl methyl sites for hydroxylation is 1. The minimum atomic E-state index is 0.626. The standard InChI is InChI=1S/C16H17BrClNO/c1-3-19-10-12-4-7-16(15(18)9-12)20-13-5-6-14(17)11(2)8-13/h4-9,19H,3,10H2,1-2H3. The van der Waals surface area contributed by atoms with Crippen LogP contribution in [0.15, 0.2) is 40.9 Å². The Kier molecular flexibility index (Phi) is 5.46. The lowest BCUT2D eigenvalue weighted by Gasteiger charge is -2.10. The van der Waals surface area contributed by atoms with Gasteiger partial charge in [0.05, 0.1) is 5.02 Å². The topological polar surface area (TPSA) is 21.3 Å². The summed E-state index contributed by atoms with van der Waals surface area (Å²) in [5.74, 6) is 1.46. The van der Waals surface area contributed by atoms with Gasteiger partial charge in [0.25, 0.3) is 0 Å². The van der Waals surface area contributed by atoms with Crippen LogP contribution in [-0.4, -0.2) is 6.54 Å². The molecule has 0 saturated carbocycles. The van der Waals surface area contributed by atoms with Crippen LogP contribution >= 0.6 is 27.5 Å². The Morgan fingerprint density at radius 1 is 1.20 bits per heavy atom. The van der Waals surface area contributed by atoms with Gasteiger partial charge in [0.2, 0.25) is 0 Å². The first-order valence-corrected chi connectivity index (χ1v) is 7.70. The average molecular weight is 355 g/mol. The molecule has 1 N–H and O–H groups in total. The second kappa shape index (κ2) is 7.11. The molecular weight excluding hydrogens is 338 g/mol. The molecule has 0 aromatic heterocycles. The van der Waals surface area contributed by atoms with E-state index in [-0.39, 0.29) is 0 Å². The van der Waals surface area contributed by atoms with Gasteiger partial charge in [0.1, 0.15) is 11.5 Å². The maximum Gasteiger partial charge on any atom is 0.146 e. The number of halogens is 2. The highest BCUT2D eigenvalue weighted by Crippen LogP contribution is 2.31. The Bertz CT molecular complexity index is 601. The van der Waals surface area contributed by atoms with Crippen LogP contribution in [0.3, 0.4) is 0 Å². The first-order chi connectivity index (χ1) is 9.60. The van der Waals surface area contributed by atoms with Crippen LogP contribution in [0, 0.1) is 6.92 Å². The summed E-state index contributed by atoms with van der Waals surface area (Å²) in [6.45, 7) is 5.86. The molecule has 0 unspecified atom stereocenters. The Balaban J connectivity index is 2.14. The maximum absolute atomic E-state index is 6.27. The Labute approximate surface area is 133 Å². The zero-order valence-electron chi connectivity index (χ0n) is 11.5. The van der Waals surface area contributed by atoms with Gasteiger partial charge in [-0.1, -0.05) is 40.5 Å². The quantitative estimate of drug-likeness (QED) is 0.785. The van der Waals surface area contributed by atoms with E-state index in [4.69, 9.17) is 16.3 Å². The summed E-state index contributed by atoms with van der Waals surface area (Å²) >= 11 is 9.74. The maximum atomic E-state index is 6.27. The predicted octanol–water partition coefficient (Wildman–Crippen LogP) is 5.31. The molecule has 0 bridgehead atoms. The molecule has 106 valence electrons. The van der Waals surface area contributed by atoms with E-state index in [1.807, 2.05) is 43.3 Å². The lowest BCUT2D eigenvalue weighted by atomic mass is 10.2. The Hall–Kier alpha value is -1.03. The molecule has 2 aromatic carbocycles. The lowest BCUT2D eigenvalue weighted by molar-refractivity contribution is 0.482. The van der Waals surface area contributed by atoms with Crippen molar-refractivity contribution in [1.82, 2.24) is 5.32 Å². The van der Waals surface area contributed by atoms with Gasteiger partial charge in [-0.2, -0.15) is 0 Å². The van der Waals surface area contributed by atoms with E-state index in [0.29, 0.717) is 10.8 Å². The molecule has 0 fully saturated rings. The van der Waals surface area contributed by atoms with E-state index in [9.17, 15) is 0 Å². The largest absolute Gasteiger partial charge is 0.456 e. The highest BCUT2D eigenvalue weighted by atomic mass is 79.9. The van der Waals surface area contributed by atoms with E-state index >= 15 is 0 Å². The zero-order chi connectivity index (χ0) is 14.5. The molecule has 0 aliphatic rings. The van der Waals surface area contributed by atoms with Gasteiger partial charge in [-0.05, 0) is 54.9 Å². The number of rotatable bonds is 5. The summed E-state index contributed by atoms with van der Waals surface area (Å²) < 4.78 is 6.90. The molecule has 20 heavy (non-hydrogen) atoms. The Morgan fingerprint density at radius 3 is 2.65 bits per heavy atom. The van der Waals surface area contributed by atoms with Crippen molar-refractivity contribution in [3.8, 4) is 11.5 Å². The second-order valence-corrected chi connectivity index (χ2v) is 5.82. The van der Waals surface area contributed by atoms with Crippen LogP contribution in [0.25, 0.3) is 0 Å². The number of hydrogen-bond donors (Lipinski definition) is 1. The van der Waals surface area contributed by atoms with E-state index in [1.165, 1.54) is 0 Å². The summed E-state index contributed by atoms with van der Waals surface area (Å²) in [5.41, 5.74) is 2.28. The third-order valence-electron chi connectivity index (χ3n) is 2.93. The molecule has 0 atom stereocenters. The van der Waals surface area contributed by atoms with Gasteiger partial charge in [-0.25, -0.2) is 0 Å². The van der Waals surface area contributed by atoms with E-state index in [1.54, 1.807) is 0 Å². The number of benzene rings is 2. The van der Waals surface area contributed by atoms with Crippen LogP contribution in [0.4, 0.5) is 0 Å². The van der Waals surface area contributed by atoms with Crippen molar-refractivity contribution >= 4 is 27.5 Å². The summed E-state index contributed by atoms with van der Waals surface area (Å²) in [6.07, 6.45) is 0. The van der Waals surface area contributed by atoms with Gasteiger partial charge in [0, 0.05) is 11.0 Å². The van der Waals surface area contributed by atoms with Gasteiger partial charge in [-0.3, -0.25) is 0 Å². The van der Waals surface area contributed by atoms with Crippen molar-refractivity contribution < 1.29 is 4.74 Å². The molecule has 4 heteroatoms. The molecule has 0 amide bonds. The van der Waals surface area contributed by atoms with Gasteiger partial charge in [-0.15, -0.1) is 0 Å². The van der Waals surface area contributed by atoms with E-state index in [0.717, 1.165) is 34.4 Å². The fraction of sp³-hybridized carbons (Fsp3) is 0.250. The molecule has 0 heterocycles.